The first kappa shape index (κ1) is 18.8. The number of hydrogen-bond donors (Lipinski definition) is 2. The molecule has 1 unspecified atom stereocenters. The first-order valence-electron chi connectivity index (χ1n) is 9.97. The van der Waals surface area contributed by atoms with Gasteiger partial charge in [0, 0.05) is 30.0 Å². The third-order valence-electron chi connectivity index (χ3n) is 5.91. The van der Waals surface area contributed by atoms with Crippen LogP contribution in [0.3, 0.4) is 0 Å². The molecule has 1 saturated heterocycles. The number of fused-ring (bicyclic) bond motifs is 1. The van der Waals surface area contributed by atoms with E-state index in [1.165, 1.54) is 16.8 Å². The average molecular weight is 380 g/mol. The summed E-state index contributed by atoms with van der Waals surface area (Å²) < 4.78 is 5.51. The molecule has 1 amide bonds. The second-order valence-electron chi connectivity index (χ2n) is 8.68. The molecule has 5 nitrogen and oxygen atoms in total. The van der Waals surface area contributed by atoms with Crippen molar-refractivity contribution in [1.82, 2.24) is 0 Å². The van der Waals surface area contributed by atoms with Gasteiger partial charge in [-0.3, -0.25) is 4.79 Å². The van der Waals surface area contributed by atoms with E-state index < -0.39 is 0 Å². The normalized spacial score (nSPS) is 21.0. The Hall–Kier alpha value is -2.53. The second-order valence-corrected chi connectivity index (χ2v) is 8.68. The van der Waals surface area contributed by atoms with Gasteiger partial charge < -0.3 is 20.7 Å². The quantitative estimate of drug-likeness (QED) is 0.854. The lowest BCUT2D eigenvalue weighted by atomic mass is 9.72. The summed E-state index contributed by atoms with van der Waals surface area (Å²) in [6, 6.07) is 12.8. The van der Waals surface area contributed by atoms with Crippen molar-refractivity contribution in [3.8, 4) is 0 Å². The summed E-state index contributed by atoms with van der Waals surface area (Å²) in [6.07, 6.45) is 0.891. The van der Waals surface area contributed by atoms with E-state index in [0.29, 0.717) is 5.56 Å². The number of primary amides is 1. The van der Waals surface area contributed by atoms with Crippen LogP contribution in [-0.4, -0.2) is 32.2 Å². The zero-order valence-electron chi connectivity index (χ0n) is 16.9. The van der Waals surface area contributed by atoms with Gasteiger partial charge in [-0.1, -0.05) is 19.9 Å². The highest BCUT2D eigenvalue weighted by Crippen LogP contribution is 2.45. The third kappa shape index (κ3) is 3.59. The SMILES string of the molecule is Cc1cc(C2Nc3ccc(C(N)=O)cc3CC2(C)C)cc(N2CCOCC2)c1. The van der Waals surface area contributed by atoms with Crippen molar-refractivity contribution in [3.05, 3.63) is 58.7 Å². The Morgan fingerprint density at radius 1 is 1.18 bits per heavy atom. The van der Waals surface area contributed by atoms with Gasteiger partial charge in [-0.15, -0.1) is 0 Å². The fraction of sp³-hybridized carbons (Fsp3) is 0.435. The topological polar surface area (TPSA) is 67.6 Å². The number of carbonyl (C=O) groups excluding carboxylic acids is 1. The molecule has 0 aliphatic carbocycles. The van der Waals surface area contributed by atoms with Crippen LogP contribution in [0.25, 0.3) is 0 Å². The molecule has 0 bridgehead atoms. The number of hydrogen-bond acceptors (Lipinski definition) is 4. The number of benzene rings is 2. The summed E-state index contributed by atoms with van der Waals surface area (Å²) in [7, 11) is 0. The molecular formula is C23H29N3O2. The van der Waals surface area contributed by atoms with Gasteiger partial charge in [-0.25, -0.2) is 0 Å². The molecule has 148 valence electrons. The van der Waals surface area contributed by atoms with Crippen LogP contribution in [0, 0.1) is 12.3 Å². The Balaban J connectivity index is 1.68. The summed E-state index contributed by atoms with van der Waals surface area (Å²) in [5, 5.41) is 3.73. The van der Waals surface area contributed by atoms with Crippen molar-refractivity contribution >= 4 is 17.3 Å². The molecule has 2 aliphatic heterocycles. The van der Waals surface area contributed by atoms with Crippen LogP contribution >= 0.6 is 0 Å². The molecule has 4 rings (SSSR count). The number of morpholine rings is 1. The highest BCUT2D eigenvalue weighted by atomic mass is 16.5. The summed E-state index contributed by atoms with van der Waals surface area (Å²) in [5.74, 6) is -0.378. The Morgan fingerprint density at radius 3 is 2.64 bits per heavy atom. The molecule has 1 fully saturated rings. The molecule has 2 aromatic rings. The Bertz CT molecular complexity index is 901. The van der Waals surface area contributed by atoms with Gasteiger partial charge in [0.1, 0.15) is 0 Å². The minimum atomic E-state index is -0.378. The molecule has 28 heavy (non-hydrogen) atoms. The van der Waals surface area contributed by atoms with Gasteiger partial charge in [0.25, 0.3) is 0 Å². The fourth-order valence-corrected chi connectivity index (χ4v) is 4.48. The number of nitrogens with one attached hydrogen (secondary N) is 1. The Morgan fingerprint density at radius 2 is 1.93 bits per heavy atom. The molecule has 1 atom stereocenters. The summed E-state index contributed by atoms with van der Waals surface area (Å²) in [4.78, 5) is 14.0. The van der Waals surface area contributed by atoms with Crippen LogP contribution in [0.1, 0.15) is 46.9 Å². The van der Waals surface area contributed by atoms with E-state index in [4.69, 9.17) is 10.5 Å². The number of ether oxygens (including phenoxy) is 1. The van der Waals surface area contributed by atoms with Crippen LogP contribution < -0.4 is 16.0 Å². The van der Waals surface area contributed by atoms with E-state index in [-0.39, 0.29) is 17.4 Å². The number of aryl methyl sites for hydroxylation is 1. The lowest BCUT2D eigenvalue weighted by Gasteiger charge is -2.42. The van der Waals surface area contributed by atoms with Crippen molar-refractivity contribution in [3.63, 3.8) is 0 Å². The summed E-state index contributed by atoms with van der Waals surface area (Å²) >= 11 is 0. The van der Waals surface area contributed by atoms with Crippen LogP contribution in [0.2, 0.25) is 0 Å². The molecule has 0 radical (unpaired) electrons. The maximum atomic E-state index is 11.5. The Labute approximate surface area is 166 Å². The van der Waals surface area contributed by atoms with E-state index in [0.717, 1.165) is 44.0 Å². The first-order chi connectivity index (χ1) is 13.3. The van der Waals surface area contributed by atoms with Crippen molar-refractivity contribution in [2.24, 2.45) is 11.1 Å². The molecule has 3 N–H and O–H groups in total. The van der Waals surface area contributed by atoms with Crippen molar-refractivity contribution < 1.29 is 9.53 Å². The minimum absolute atomic E-state index is 0.000653. The monoisotopic (exact) mass is 379 g/mol. The predicted molar refractivity (Wildman–Crippen MR) is 113 cm³/mol. The van der Waals surface area contributed by atoms with E-state index in [9.17, 15) is 4.79 Å². The van der Waals surface area contributed by atoms with E-state index in [1.54, 1.807) is 6.07 Å². The van der Waals surface area contributed by atoms with Crippen LogP contribution in [0.15, 0.2) is 36.4 Å². The standard InChI is InChI=1S/C23H29N3O2/c1-15-10-17(13-19(11-15)26-6-8-28-9-7-26)21-23(2,3)14-18-12-16(22(24)27)4-5-20(18)25-21/h4-5,10-13,21,25H,6-9,14H2,1-3H3,(H2,24,27). The van der Waals surface area contributed by atoms with E-state index in [1.807, 2.05) is 12.1 Å². The van der Waals surface area contributed by atoms with Gasteiger partial charge in [0.15, 0.2) is 0 Å². The number of nitrogens with two attached hydrogens (primary N) is 1. The summed E-state index contributed by atoms with van der Waals surface area (Å²) in [5.41, 5.74) is 12.1. The maximum absolute atomic E-state index is 11.5. The highest BCUT2D eigenvalue weighted by molar-refractivity contribution is 5.93. The Kier molecular flexibility index (Phi) is 4.79. The lowest BCUT2D eigenvalue weighted by Crippen LogP contribution is -2.37. The average Bonchev–Trinajstić information content (AvgIpc) is 2.66. The molecule has 2 aromatic carbocycles. The van der Waals surface area contributed by atoms with Crippen LogP contribution in [0.5, 0.6) is 0 Å². The van der Waals surface area contributed by atoms with Crippen molar-refractivity contribution in [1.29, 1.82) is 0 Å². The molecule has 2 aliphatic rings. The molecular weight excluding hydrogens is 350 g/mol. The van der Waals surface area contributed by atoms with E-state index in [2.05, 4.69) is 49.2 Å². The fourth-order valence-electron chi connectivity index (χ4n) is 4.48. The number of amides is 1. The predicted octanol–water partition coefficient (Wildman–Crippen LogP) is 3.67. The van der Waals surface area contributed by atoms with Crippen molar-refractivity contribution in [2.75, 3.05) is 36.5 Å². The smallest absolute Gasteiger partial charge is 0.248 e. The zero-order chi connectivity index (χ0) is 19.9. The van der Waals surface area contributed by atoms with Gasteiger partial charge >= 0.3 is 0 Å². The number of carbonyl (C=O) groups is 1. The largest absolute Gasteiger partial charge is 0.378 e. The maximum Gasteiger partial charge on any atom is 0.248 e. The van der Waals surface area contributed by atoms with Crippen molar-refractivity contribution in [2.45, 2.75) is 33.2 Å². The van der Waals surface area contributed by atoms with Crippen LogP contribution in [0.4, 0.5) is 11.4 Å². The molecule has 0 spiro atoms. The number of rotatable bonds is 3. The first-order valence-corrected chi connectivity index (χ1v) is 9.97. The van der Waals surface area contributed by atoms with Gasteiger partial charge in [0.2, 0.25) is 5.91 Å². The molecule has 0 saturated carbocycles. The second kappa shape index (κ2) is 7.13. The third-order valence-corrected chi connectivity index (χ3v) is 5.91. The van der Waals surface area contributed by atoms with E-state index >= 15 is 0 Å². The zero-order valence-corrected chi connectivity index (χ0v) is 16.9. The minimum Gasteiger partial charge on any atom is -0.378 e. The molecule has 2 heterocycles. The number of nitrogens with zero attached hydrogens (tertiary/aromatic N) is 1. The lowest BCUT2D eigenvalue weighted by molar-refractivity contribution is 0.1000. The van der Waals surface area contributed by atoms with Gasteiger partial charge in [0.05, 0.1) is 19.3 Å². The summed E-state index contributed by atoms with van der Waals surface area (Å²) in [6.45, 7) is 10.2. The molecule has 0 aromatic heterocycles. The molecule has 5 heteroatoms. The number of anilines is 2. The highest BCUT2D eigenvalue weighted by Gasteiger charge is 2.36. The van der Waals surface area contributed by atoms with Gasteiger partial charge in [-0.2, -0.15) is 0 Å². The van der Waals surface area contributed by atoms with Crippen LogP contribution in [-0.2, 0) is 11.2 Å². The van der Waals surface area contributed by atoms with Gasteiger partial charge in [-0.05, 0) is 65.8 Å².